The van der Waals surface area contributed by atoms with E-state index in [-0.39, 0.29) is 17.1 Å². The van der Waals surface area contributed by atoms with E-state index in [4.69, 9.17) is 27.9 Å². The van der Waals surface area contributed by atoms with E-state index in [1.54, 1.807) is 43.3 Å². The van der Waals surface area contributed by atoms with Gasteiger partial charge in [0.25, 0.3) is 5.91 Å². The quantitative estimate of drug-likeness (QED) is 0.525. The van der Waals surface area contributed by atoms with Gasteiger partial charge in [0, 0.05) is 15.7 Å². The van der Waals surface area contributed by atoms with Gasteiger partial charge in [0.15, 0.2) is 0 Å². The van der Waals surface area contributed by atoms with Gasteiger partial charge in [0.05, 0.1) is 23.9 Å². The number of carbonyl (C=O) groups excluding carboxylic acids is 2. The second-order valence-electron chi connectivity index (χ2n) is 6.11. The molecule has 1 aliphatic rings. The lowest BCUT2D eigenvalue weighted by Crippen LogP contribution is -2.24. The summed E-state index contributed by atoms with van der Waals surface area (Å²) in [4.78, 5) is 27.0. The molecular weight excluding hydrogens is 385 g/mol. The van der Waals surface area contributed by atoms with Crippen LogP contribution in [0.2, 0.25) is 10.0 Å². The average Bonchev–Trinajstić information content (AvgIpc) is 2.89. The molecule has 0 unspecified atom stereocenters. The molecule has 1 aliphatic heterocycles. The summed E-state index contributed by atoms with van der Waals surface area (Å²) >= 11 is 12.4. The second kappa shape index (κ2) is 7.59. The Labute approximate surface area is 167 Å². The molecule has 0 bridgehead atoms. The summed E-state index contributed by atoms with van der Waals surface area (Å²) in [6.07, 6.45) is 1.61. The summed E-state index contributed by atoms with van der Waals surface area (Å²) in [7, 11) is 1.28. The number of hydrogen-bond donors (Lipinski definition) is 0. The van der Waals surface area contributed by atoms with Crippen molar-refractivity contribution in [1.29, 1.82) is 0 Å². The SMILES string of the molecule is COC(=O)C1=C(C)N(c2ccc(C)c(Cl)c2)C(=O)/C1=C\c1ccccc1Cl. The highest BCUT2D eigenvalue weighted by molar-refractivity contribution is 6.33. The molecule has 0 aromatic heterocycles. The maximum atomic E-state index is 13.2. The Morgan fingerprint density at radius 2 is 1.78 bits per heavy atom. The van der Waals surface area contributed by atoms with Crippen molar-refractivity contribution >= 4 is 46.8 Å². The summed E-state index contributed by atoms with van der Waals surface area (Å²) in [5.74, 6) is -0.924. The van der Waals surface area contributed by atoms with Crippen molar-refractivity contribution in [2.45, 2.75) is 13.8 Å². The van der Waals surface area contributed by atoms with Crippen LogP contribution in [-0.2, 0) is 14.3 Å². The number of allylic oxidation sites excluding steroid dienone is 1. The lowest BCUT2D eigenvalue weighted by Gasteiger charge is -2.18. The zero-order valence-corrected chi connectivity index (χ0v) is 16.6. The van der Waals surface area contributed by atoms with Crippen LogP contribution in [0.25, 0.3) is 6.08 Å². The predicted octanol–water partition coefficient (Wildman–Crippen LogP) is 5.18. The minimum absolute atomic E-state index is 0.208. The van der Waals surface area contributed by atoms with Crippen molar-refractivity contribution in [3.8, 4) is 0 Å². The third kappa shape index (κ3) is 3.51. The number of methoxy groups -OCH3 is 1. The molecule has 27 heavy (non-hydrogen) atoms. The molecule has 0 N–H and O–H groups in total. The number of esters is 1. The first-order chi connectivity index (χ1) is 12.8. The molecule has 2 aromatic rings. The largest absolute Gasteiger partial charge is 0.465 e. The maximum absolute atomic E-state index is 13.2. The zero-order chi connectivity index (χ0) is 19.7. The lowest BCUT2D eigenvalue weighted by atomic mass is 10.0. The Balaban J connectivity index is 2.17. The van der Waals surface area contributed by atoms with Crippen LogP contribution in [0, 0.1) is 6.92 Å². The number of aryl methyl sites for hydroxylation is 1. The first-order valence-corrected chi connectivity index (χ1v) is 8.97. The van der Waals surface area contributed by atoms with E-state index in [0.29, 0.717) is 27.0 Å². The van der Waals surface area contributed by atoms with Gasteiger partial charge in [0.1, 0.15) is 0 Å². The van der Waals surface area contributed by atoms with Crippen LogP contribution < -0.4 is 4.90 Å². The van der Waals surface area contributed by atoms with Crippen molar-refractivity contribution in [2.75, 3.05) is 12.0 Å². The number of halogens is 2. The number of ether oxygens (including phenoxy) is 1. The fourth-order valence-electron chi connectivity index (χ4n) is 2.96. The Bertz CT molecular complexity index is 1010. The number of hydrogen-bond acceptors (Lipinski definition) is 3. The van der Waals surface area contributed by atoms with Crippen molar-refractivity contribution in [3.63, 3.8) is 0 Å². The van der Waals surface area contributed by atoms with Gasteiger partial charge in [-0.25, -0.2) is 4.79 Å². The Morgan fingerprint density at radius 1 is 1.07 bits per heavy atom. The van der Waals surface area contributed by atoms with E-state index < -0.39 is 5.97 Å². The first kappa shape index (κ1) is 19.2. The number of amides is 1. The minimum Gasteiger partial charge on any atom is -0.465 e. The normalized spacial score (nSPS) is 15.7. The molecule has 0 radical (unpaired) electrons. The van der Waals surface area contributed by atoms with Crippen molar-refractivity contribution < 1.29 is 14.3 Å². The molecule has 138 valence electrons. The zero-order valence-electron chi connectivity index (χ0n) is 15.0. The monoisotopic (exact) mass is 401 g/mol. The minimum atomic E-state index is -0.583. The smallest absolute Gasteiger partial charge is 0.340 e. The molecule has 3 rings (SSSR count). The number of carbonyl (C=O) groups is 2. The third-order valence-electron chi connectivity index (χ3n) is 4.41. The summed E-state index contributed by atoms with van der Waals surface area (Å²) in [6, 6.07) is 12.4. The highest BCUT2D eigenvalue weighted by Crippen LogP contribution is 2.37. The molecular formula is C21H17Cl2NO3. The van der Waals surface area contributed by atoms with Crippen LogP contribution in [0.15, 0.2) is 59.3 Å². The van der Waals surface area contributed by atoms with E-state index in [0.717, 1.165) is 5.56 Å². The highest BCUT2D eigenvalue weighted by atomic mass is 35.5. The van der Waals surface area contributed by atoms with Gasteiger partial charge in [-0.15, -0.1) is 0 Å². The number of rotatable bonds is 3. The fraction of sp³-hybridized carbons (Fsp3) is 0.143. The van der Waals surface area contributed by atoms with Crippen LogP contribution in [0.3, 0.4) is 0 Å². The standard InChI is InChI=1S/C21H17Cl2NO3/c1-12-8-9-15(11-18(12)23)24-13(2)19(21(26)27-3)16(20(24)25)10-14-6-4-5-7-17(14)22/h4-11H,1-3H3/b16-10-. The number of anilines is 1. The van der Waals surface area contributed by atoms with Gasteiger partial charge in [-0.2, -0.15) is 0 Å². The van der Waals surface area contributed by atoms with Gasteiger partial charge >= 0.3 is 5.97 Å². The third-order valence-corrected chi connectivity index (χ3v) is 5.16. The summed E-state index contributed by atoms with van der Waals surface area (Å²) < 4.78 is 4.90. The summed E-state index contributed by atoms with van der Waals surface area (Å²) in [6.45, 7) is 3.58. The molecule has 0 saturated carbocycles. The Kier molecular flexibility index (Phi) is 5.40. The van der Waals surface area contributed by atoms with Crippen LogP contribution in [-0.4, -0.2) is 19.0 Å². The predicted molar refractivity (Wildman–Crippen MR) is 108 cm³/mol. The van der Waals surface area contributed by atoms with Crippen LogP contribution in [0.1, 0.15) is 18.1 Å². The molecule has 4 nitrogen and oxygen atoms in total. The van der Waals surface area contributed by atoms with E-state index in [2.05, 4.69) is 0 Å². The second-order valence-corrected chi connectivity index (χ2v) is 6.92. The van der Waals surface area contributed by atoms with Gasteiger partial charge in [0.2, 0.25) is 0 Å². The average molecular weight is 402 g/mol. The molecule has 0 spiro atoms. The molecule has 0 aliphatic carbocycles. The van der Waals surface area contributed by atoms with E-state index >= 15 is 0 Å². The van der Waals surface area contributed by atoms with Gasteiger partial charge in [-0.1, -0.05) is 47.5 Å². The van der Waals surface area contributed by atoms with Gasteiger partial charge < -0.3 is 4.74 Å². The molecule has 6 heteroatoms. The number of nitrogens with zero attached hydrogens (tertiary/aromatic N) is 1. The van der Waals surface area contributed by atoms with Crippen LogP contribution in [0.5, 0.6) is 0 Å². The first-order valence-electron chi connectivity index (χ1n) is 8.21. The molecule has 1 heterocycles. The molecule has 2 aromatic carbocycles. The molecule has 0 fully saturated rings. The van der Waals surface area contributed by atoms with Gasteiger partial charge in [-0.3, -0.25) is 9.69 Å². The Morgan fingerprint density at radius 3 is 2.41 bits per heavy atom. The van der Waals surface area contributed by atoms with Crippen molar-refractivity contribution in [1.82, 2.24) is 0 Å². The van der Waals surface area contributed by atoms with Crippen molar-refractivity contribution in [3.05, 3.63) is 80.5 Å². The van der Waals surface area contributed by atoms with E-state index in [1.165, 1.54) is 12.0 Å². The topological polar surface area (TPSA) is 46.6 Å². The summed E-state index contributed by atoms with van der Waals surface area (Å²) in [5.41, 5.74) is 3.03. The maximum Gasteiger partial charge on any atom is 0.340 e. The van der Waals surface area contributed by atoms with Crippen molar-refractivity contribution in [2.24, 2.45) is 0 Å². The highest BCUT2D eigenvalue weighted by Gasteiger charge is 2.38. The van der Waals surface area contributed by atoms with Crippen LogP contribution in [0.4, 0.5) is 5.69 Å². The molecule has 0 saturated heterocycles. The molecule has 0 atom stereocenters. The van der Waals surface area contributed by atoms with Crippen LogP contribution >= 0.6 is 23.2 Å². The molecule has 1 amide bonds. The number of benzene rings is 2. The van der Waals surface area contributed by atoms with Gasteiger partial charge in [-0.05, 0) is 49.2 Å². The lowest BCUT2D eigenvalue weighted by molar-refractivity contribution is -0.136. The Hall–Kier alpha value is -2.56. The van der Waals surface area contributed by atoms with E-state index in [9.17, 15) is 9.59 Å². The van der Waals surface area contributed by atoms with E-state index in [1.807, 2.05) is 19.1 Å². The summed E-state index contributed by atoms with van der Waals surface area (Å²) in [5, 5.41) is 1.02. The fourth-order valence-corrected chi connectivity index (χ4v) is 3.32.